The van der Waals surface area contributed by atoms with Crippen LogP contribution >= 0.6 is 11.8 Å². The molecule has 1 aliphatic rings. The van der Waals surface area contributed by atoms with Crippen molar-refractivity contribution in [1.29, 1.82) is 0 Å². The largest absolute Gasteiger partial charge is 0.494 e. The maximum Gasteiger partial charge on any atom is 0.264 e. The van der Waals surface area contributed by atoms with Crippen LogP contribution in [0.15, 0.2) is 113 Å². The topological polar surface area (TPSA) is 96.0 Å². The van der Waals surface area contributed by atoms with E-state index in [0.29, 0.717) is 18.0 Å². The van der Waals surface area contributed by atoms with Crippen molar-refractivity contribution in [2.75, 3.05) is 23.7 Å². The lowest BCUT2D eigenvalue weighted by molar-refractivity contribution is -0.140. The van der Waals surface area contributed by atoms with Crippen LogP contribution in [0.3, 0.4) is 0 Å². The number of anilines is 1. The zero-order chi connectivity index (χ0) is 34.8. The molecule has 4 aromatic carbocycles. The summed E-state index contributed by atoms with van der Waals surface area (Å²) in [6, 6.07) is 29.9. The van der Waals surface area contributed by atoms with Crippen LogP contribution in [0.1, 0.15) is 49.3 Å². The summed E-state index contributed by atoms with van der Waals surface area (Å²) in [7, 11) is -4.20. The predicted octanol–water partition coefficient (Wildman–Crippen LogP) is 7.01. The van der Waals surface area contributed by atoms with Crippen LogP contribution in [0, 0.1) is 6.92 Å². The maximum atomic E-state index is 14.8. The van der Waals surface area contributed by atoms with Crippen LogP contribution in [-0.2, 0) is 32.6 Å². The summed E-state index contributed by atoms with van der Waals surface area (Å²) >= 11 is 1.51. The highest BCUT2D eigenvalue weighted by atomic mass is 32.2. The molecule has 1 saturated carbocycles. The minimum atomic E-state index is -4.20. The third-order valence-electron chi connectivity index (χ3n) is 8.94. The first-order chi connectivity index (χ1) is 23.7. The number of hydrogen-bond donors (Lipinski definition) is 1. The molecule has 258 valence electrons. The highest BCUT2D eigenvalue weighted by Gasteiger charge is 2.35. The number of hydrogen-bond acceptors (Lipinski definition) is 6. The van der Waals surface area contributed by atoms with E-state index < -0.39 is 28.5 Å². The van der Waals surface area contributed by atoms with Crippen molar-refractivity contribution in [3.05, 3.63) is 120 Å². The summed E-state index contributed by atoms with van der Waals surface area (Å²) in [6.45, 7) is 3.94. The number of aryl methyl sites for hydroxylation is 1. The van der Waals surface area contributed by atoms with E-state index in [-0.39, 0.29) is 29.8 Å². The molecule has 0 aromatic heterocycles. The average molecular weight is 700 g/mol. The molecule has 1 fully saturated rings. The van der Waals surface area contributed by atoms with E-state index in [1.54, 1.807) is 53.4 Å². The Hall–Kier alpha value is -4.28. The Bertz CT molecular complexity index is 1790. The Labute approximate surface area is 294 Å². The molecule has 1 N–H and O–H groups in total. The first-order valence-electron chi connectivity index (χ1n) is 16.8. The van der Waals surface area contributed by atoms with Gasteiger partial charge in [-0.25, -0.2) is 8.42 Å². The number of rotatable bonds is 15. The van der Waals surface area contributed by atoms with E-state index in [1.165, 1.54) is 11.8 Å². The fraction of sp³-hybridized carbons (Fsp3) is 0.333. The Morgan fingerprint density at radius 2 is 1.55 bits per heavy atom. The number of thioether (sulfide) groups is 1. The number of carbonyl (C=O) groups excluding carboxylic acids is 2. The van der Waals surface area contributed by atoms with Gasteiger partial charge >= 0.3 is 0 Å². The zero-order valence-corrected chi connectivity index (χ0v) is 30.0. The molecule has 0 spiro atoms. The van der Waals surface area contributed by atoms with Crippen molar-refractivity contribution in [1.82, 2.24) is 10.2 Å². The summed E-state index contributed by atoms with van der Waals surface area (Å²) in [5.74, 6) is -0.128. The van der Waals surface area contributed by atoms with Gasteiger partial charge in [0.2, 0.25) is 11.8 Å². The fourth-order valence-electron chi connectivity index (χ4n) is 6.17. The zero-order valence-electron chi connectivity index (χ0n) is 28.4. The van der Waals surface area contributed by atoms with Gasteiger partial charge in [0.25, 0.3) is 10.0 Å². The summed E-state index contributed by atoms with van der Waals surface area (Å²) in [5, 5.41) is 3.22. The molecule has 10 heteroatoms. The second-order valence-corrected chi connectivity index (χ2v) is 15.0. The molecule has 5 rings (SSSR count). The number of nitrogens with zero attached hydrogens (tertiary/aromatic N) is 2. The standard InChI is InChI=1S/C39H45N3O5S2/c1-4-47-34-20-18-33(19-21-34)42(49(45,46)36-24-22-35(48-3)23-25-36)28-38(43)41(27-31-15-9-8-12-29(31)2)37(26-30-13-6-5-7-14-30)39(44)40-32-16-10-11-17-32/h5-9,12-15,18-25,32,37H,4,10-11,16-17,26-28H2,1-3H3,(H,40,44)/t37-/m0/s1. The average Bonchev–Trinajstić information content (AvgIpc) is 3.63. The fourth-order valence-corrected chi connectivity index (χ4v) is 7.99. The number of carbonyl (C=O) groups is 2. The monoisotopic (exact) mass is 699 g/mol. The second-order valence-electron chi connectivity index (χ2n) is 12.3. The van der Waals surface area contributed by atoms with Crippen LogP contribution in [0.5, 0.6) is 5.75 Å². The van der Waals surface area contributed by atoms with Crippen molar-refractivity contribution < 1.29 is 22.7 Å². The number of amides is 2. The van der Waals surface area contributed by atoms with Gasteiger partial charge in [-0.15, -0.1) is 11.8 Å². The first-order valence-corrected chi connectivity index (χ1v) is 19.4. The molecule has 2 amide bonds. The predicted molar refractivity (Wildman–Crippen MR) is 196 cm³/mol. The van der Waals surface area contributed by atoms with E-state index >= 15 is 0 Å². The van der Waals surface area contributed by atoms with Crippen molar-refractivity contribution in [3.8, 4) is 5.75 Å². The van der Waals surface area contributed by atoms with E-state index in [2.05, 4.69) is 5.32 Å². The molecule has 49 heavy (non-hydrogen) atoms. The molecular weight excluding hydrogens is 655 g/mol. The van der Waals surface area contributed by atoms with Gasteiger partial charge < -0.3 is 15.0 Å². The molecule has 8 nitrogen and oxygen atoms in total. The summed E-state index contributed by atoms with van der Waals surface area (Å²) < 4.78 is 35.5. The van der Waals surface area contributed by atoms with Gasteiger partial charge in [-0.3, -0.25) is 13.9 Å². The van der Waals surface area contributed by atoms with Crippen LogP contribution in [-0.4, -0.2) is 56.6 Å². The second kappa shape index (κ2) is 16.9. The minimum absolute atomic E-state index is 0.0474. The highest BCUT2D eigenvalue weighted by molar-refractivity contribution is 7.98. The molecule has 0 aliphatic heterocycles. The quantitative estimate of drug-likeness (QED) is 0.134. The summed E-state index contributed by atoms with van der Waals surface area (Å²) in [6.07, 6.45) is 6.10. The van der Waals surface area contributed by atoms with E-state index in [9.17, 15) is 18.0 Å². The molecule has 0 unspecified atom stereocenters. The number of nitrogens with one attached hydrogen (secondary N) is 1. The first kappa shape index (κ1) is 36.0. The Kier molecular flexibility index (Phi) is 12.4. The third-order valence-corrected chi connectivity index (χ3v) is 11.5. The summed E-state index contributed by atoms with van der Waals surface area (Å²) in [4.78, 5) is 31.5. The van der Waals surface area contributed by atoms with Crippen molar-refractivity contribution >= 4 is 39.3 Å². The molecule has 0 saturated heterocycles. The van der Waals surface area contributed by atoms with E-state index in [0.717, 1.165) is 51.6 Å². The van der Waals surface area contributed by atoms with Gasteiger partial charge in [0, 0.05) is 23.9 Å². The van der Waals surface area contributed by atoms with Crippen LogP contribution < -0.4 is 14.4 Å². The number of ether oxygens (including phenoxy) is 1. The Morgan fingerprint density at radius 3 is 2.18 bits per heavy atom. The van der Waals surface area contributed by atoms with Gasteiger partial charge in [-0.1, -0.05) is 67.4 Å². The van der Waals surface area contributed by atoms with Gasteiger partial charge in [0.05, 0.1) is 17.2 Å². The smallest absolute Gasteiger partial charge is 0.264 e. The van der Waals surface area contributed by atoms with Crippen molar-refractivity contribution in [3.63, 3.8) is 0 Å². The molecule has 0 heterocycles. The highest BCUT2D eigenvalue weighted by Crippen LogP contribution is 2.29. The van der Waals surface area contributed by atoms with Gasteiger partial charge in [0.15, 0.2) is 0 Å². The molecule has 1 atom stereocenters. The molecule has 0 radical (unpaired) electrons. The Balaban J connectivity index is 1.57. The Morgan fingerprint density at radius 1 is 0.898 bits per heavy atom. The lowest BCUT2D eigenvalue weighted by atomic mass is 10.0. The minimum Gasteiger partial charge on any atom is -0.494 e. The van der Waals surface area contributed by atoms with Crippen molar-refractivity contribution in [2.45, 2.75) is 74.4 Å². The molecular formula is C39H45N3O5S2. The van der Waals surface area contributed by atoms with Crippen molar-refractivity contribution in [2.24, 2.45) is 0 Å². The van der Waals surface area contributed by atoms with E-state index in [4.69, 9.17) is 4.74 Å². The maximum absolute atomic E-state index is 14.8. The lowest BCUT2D eigenvalue weighted by Gasteiger charge is -2.34. The summed E-state index contributed by atoms with van der Waals surface area (Å²) in [5.41, 5.74) is 3.07. The van der Waals surface area contributed by atoms with Crippen LogP contribution in [0.2, 0.25) is 0 Å². The molecule has 1 aliphatic carbocycles. The molecule has 4 aromatic rings. The lowest BCUT2D eigenvalue weighted by Crippen LogP contribution is -2.54. The number of sulfonamides is 1. The van der Waals surface area contributed by atoms with E-state index in [1.807, 2.05) is 74.7 Å². The third kappa shape index (κ3) is 9.25. The number of benzene rings is 4. The van der Waals surface area contributed by atoms with Gasteiger partial charge in [-0.05, 0) is 98.2 Å². The van der Waals surface area contributed by atoms with Gasteiger partial charge in [0.1, 0.15) is 18.3 Å². The van der Waals surface area contributed by atoms with Crippen LogP contribution in [0.25, 0.3) is 0 Å². The van der Waals surface area contributed by atoms with Crippen LogP contribution in [0.4, 0.5) is 5.69 Å². The van der Waals surface area contributed by atoms with Gasteiger partial charge in [-0.2, -0.15) is 0 Å². The SMILES string of the molecule is CCOc1ccc(N(CC(=O)N(Cc2ccccc2C)[C@@H](Cc2ccccc2)C(=O)NC2CCCC2)S(=O)(=O)c2ccc(SC)cc2)cc1. The molecule has 0 bridgehead atoms. The normalized spacial score (nSPS) is 13.9.